The summed E-state index contributed by atoms with van der Waals surface area (Å²) in [7, 11) is -5.21. The second-order valence-electron chi connectivity index (χ2n) is 5.27. The van der Waals surface area contributed by atoms with Crippen molar-refractivity contribution in [3.05, 3.63) is 28.8 Å². The highest BCUT2D eigenvalue weighted by Crippen LogP contribution is 2.25. The van der Waals surface area contributed by atoms with Crippen molar-refractivity contribution in [1.82, 2.24) is 0 Å². The highest BCUT2D eigenvalue weighted by molar-refractivity contribution is 7.81. The average molecular weight is 314 g/mol. The van der Waals surface area contributed by atoms with Crippen LogP contribution in [0.2, 0.25) is 0 Å². The molecule has 0 N–H and O–H groups in total. The van der Waals surface area contributed by atoms with E-state index in [1.807, 2.05) is 0 Å². The van der Waals surface area contributed by atoms with E-state index in [-0.39, 0.29) is 11.1 Å². The lowest BCUT2D eigenvalue weighted by atomic mass is 10.0. The Kier molecular flexibility index (Phi) is 4.64. The van der Waals surface area contributed by atoms with Crippen LogP contribution < -0.4 is 4.18 Å². The fourth-order valence-electron chi connectivity index (χ4n) is 1.55. The lowest BCUT2D eigenvalue weighted by molar-refractivity contribution is 0.00683. The van der Waals surface area contributed by atoms with Gasteiger partial charge in [-0.1, -0.05) is 9.81 Å². The number of carbonyl (C=O) groups excluding carboxylic acids is 1. The summed E-state index contributed by atoms with van der Waals surface area (Å²) in [5.74, 6) is 1.17. The lowest BCUT2D eigenvalue weighted by Gasteiger charge is -2.20. The summed E-state index contributed by atoms with van der Waals surface area (Å²) in [6.45, 7) is 6.60. The lowest BCUT2D eigenvalue weighted by Crippen LogP contribution is -2.24. The Morgan fingerprint density at radius 2 is 1.90 bits per heavy atom. The van der Waals surface area contributed by atoms with E-state index in [1.54, 1.807) is 27.7 Å². The van der Waals surface area contributed by atoms with Crippen LogP contribution in [0.4, 0.5) is 3.89 Å². The monoisotopic (exact) mass is 314 g/mol. The maximum atomic E-state index is 12.6. The summed E-state index contributed by atoms with van der Waals surface area (Å²) in [4.78, 5) is 12.1. The molecule has 1 rings (SSSR count). The van der Waals surface area contributed by atoms with Gasteiger partial charge in [-0.3, -0.25) is 0 Å². The fraction of sp³-hybridized carbons (Fsp3) is 0.357. The second kappa shape index (κ2) is 5.74. The molecule has 0 unspecified atom stereocenters. The number of esters is 1. The molecule has 1 aromatic rings. The minimum absolute atomic E-state index is 0.0130. The quantitative estimate of drug-likeness (QED) is 0.487. The number of benzene rings is 1. The van der Waals surface area contributed by atoms with Crippen molar-refractivity contribution >= 4 is 16.5 Å². The van der Waals surface area contributed by atoms with E-state index in [1.165, 1.54) is 0 Å². The van der Waals surface area contributed by atoms with Gasteiger partial charge < -0.3 is 8.92 Å². The number of rotatable bonds is 3. The maximum Gasteiger partial charge on any atom is 0.488 e. The van der Waals surface area contributed by atoms with Crippen molar-refractivity contribution in [3.63, 3.8) is 0 Å². The van der Waals surface area contributed by atoms with Crippen molar-refractivity contribution in [2.24, 2.45) is 0 Å². The molecule has 0 fully saturated rings. The van der Waals surface area contributed by atoms with Crippen molar-refractivity contribution in [3.8, 4) is 18.1 Å². The van der Waals surface area contributed by atoms with Gasteiger partial charge in [-0.15, -0.1) is 6.42 Å². The van der Waals surface area contributed by atoms with Crippen LogP contribution in [0.15, 0.2) is 12.1 Å². The highest BCUT2D eigenvalue weighted by atomic mass is 32.3. The van der Waals surface area contributed by atoms with Crippen LogP contribution in [0.3, 0.4) is 0 Å². The molecule has 1 aromatic carbocycles. The van der Waals surface area contributed by atoms with Gasteiger partial charge in [0.25, 0.3) is 0 Å². The molecule has 0 heterocycles. The van der Waals surface area contributed by atoms with Gasteiger partial charge in [0, 0.05) is 5.56 Å². The van der Waals surface area contributed by atoms with E-state index < -0.39 is 27.8 Å². The molecule has 0 radical (unpaired) electrons. The molecule has 0 atom stereocenters. The number of ether oxygens (including phenoxy) is 1. The van der Waals surface area contributed by atoms with Crippen LogP contribution >= 0.6 is 0 Å². The van der Waals surface area contributed by atoms with Gasteiger partial charge >= 0.3 is 16.5 Å². The Hall–Kier alpha value is -2.07. The van der Waals surface area contributed by atoms with Crippen LogP contribution in [0.5, 0.6) is 5.75 Å². The third-order valence-electron chi connectivity index (χ3n) is 2.35. The zero-order valence-corrected chi connectivity index (χ0v) is 12.9. The van der Waals surface area contributed by atoms with Crippen LogP contribution in [-0.2, 0) is 15.2 Å². The summed E-state index contributed by atoms with van der Waals surface area (Å²) in [5.41, 5.74) is -0.116. The molecule has 0 bridgehead atoms. The predicted molar refractivity (Wildman–Crippen MR) is 74.9 cm³/mol. The van der Waals surface area contributed by atoms with Crippen LogP contribution in [0.25, 0.3) is 0 Å². The van der Waals surface area contributed by atoms with Crippen molar-refractivity contribution in [2.75, 3.05) is 0 Å². The highest BCUT2D eigenvalue weighted by Gasteiger charge is 2.22. The Labute approximate surface area is 123 Å². The molecule has 0 aliphatic heterocycles. The Balaban J connectivity index is 3.35. The summed E-state index contributed by atoms with van der Waals surface area (Å²) >= 11 is 0. The van der Waals surface area contributed by atoms with Gasteiger partial charge in [-0.25, -0.2) is 4.79 Å². The second-order valence-corrected chi connectivity index (χ2v) is 6.22. The van der Waals surface area contributed by atoms with E-state index in [0.717, 1.165) is 12.1 Å². The van der Waals surface area contributed by atoms with Crippen LogP contribution in [-0.4, -0.2) is 20.0 Å². The molecule has 5 nitrogen and oxygen atoms in total. The number of terminal acetylenes is 1. The molecule has 0 aromatic heterocycles. The van der Waals surface area contributed by atoms with Crippen molar-refractivity contribution in [1.29, 1.82) is 0 Å². The van der Waals surface area contributed by atoms with E-state index in [9.17, 15) is 17.1 Å². The molecule has 0 aliphatic carbocycles. The summed E-state index contributed by atoms with van der Waals surface area (Å²) in [5, 5.41) is 0. The fourth-order valence-corrected chi connectivity index (χ4v) is 1.87. The SMILES string of the molecule is C#Cc1cc(OS(=O)(=O)F)cc(C(=O)OC(C)(C)C)c1C. The van der Waals surface area contributed by atoms with Gasteiger partial charge in [-0.05, 0) is 45.4 Å². The first kappa shape index (κ1) is 17.0. The van der Waals surface area contributed by atoms with Crippen molar-refractivity contribution < 1.29 is 26.0 Å². The maximum absolute atomic E-state index is 12.6. The van der Waals surface area contributed by atoms with Gasteiger partial charge in [0.05, 0.1) is 5.56 Å². The minimum atomic E-state index is -5.21. The third kappa shape index (κ3) is 5.08. The average Bonchev–Trinajstić information content (AvgIpc) is 2.26. The summed E-state index contributed by atoms with van der Waals surface area (Å²) in [6.07, 6.45) is 5.28. The Morgan fingerprint density at radius 3 is 2.33 bits per heavy atom. The zero-order valence-electron chi connectivity index (χ0n) is 12.1. The van der Waals surface area contributed by atoms with Gasteiger partial charge in [0.2, 0.25) is 0 Å². The van der Waals surface area contributed by atoms with Gasteiger partial charge in [0.1, 0.15) is 11.4 Å². The molecule has 0 saturated heterocycles. The summed E-state index contributed by atoms with van der Waals surface area (Å²) in [6, 6.07) is 2.22. The van der Waals surface area contributed by atoms with E-state index in [2.05, 4.69) is 10.1 Å². The summed E-state index contributed by atoms with van der Waals surface area (Å²) < 4.78 is 43.0. The minimum Gasteiger partial charge on any atom is -0.456 e. The number of halogens is 1. The van der Waals surface area contributed by atoms with E-state index >= 15 is 0 Å². The smallest absolute Gasteiger partial charge is 0.456 e. The molecule has 114 valence electrons. The molecule has 0 amide bonds. The van der Waals surface area contributed by atoms with Crippen LogP contribution in [0, 0.1) is 19.3 Å². The van der Waals surface area contributed by atoms with E-state index in [4.69, 9.17) is 11.2 Å². The van der Waals surface area contributed by atoms with Crippen LogP contribution in [0.1, 0.15) is 42.3 Å². The molecule has 0 saturated carbocycles. The topological polar surface area (TPSA) is 69.7 Å². The van der Waals surface area contributed by atoms with Gasteiger partial charge in [0.15, 0.2) is 0 Å². The molecular formula is C14H15FO5S. The molecular weight excluding hydrogens is 299 g/mol. The Bertz CT molecular complexity index is 708. The predicted octanol–water partition coefficient (Wildman–Crippen LogP) is 2.52. The number of hydrogen-bond donors (Lipinski definition) is 0. The standard InChI is InChI=1S/C14H15FO5S/c1-6-10-7-11(20-21(15,17)18)8-12(9(10)2)13(16)19-14(3,4)5/h1,7-8H,2-5H3. The van der Waals surface area contributed by atoms with Crippen molar-refractivity contribution in [2.45, 2.75) is 33.3 Å². The third-order valence-corrected chi connectivity index (χ3v) is 2.74. The zero-order chi connectivity index (χ0) is 16.4. The first-order chi connectivity index (χ1) is 9.43. The normalized spacial score (nSPS) is 11.6. The van der Waals surface area contributed by atoms with Gasteiger partial charge in [-0.2, -0.15) is 8.42 Å². The molecule has 0 aliphatic rings. The molecule has 0 spiro atoms. The first-order valence-electron chi connectivity index (χ1n) is 5.91. The largest absolute Gasteiger partial charge is 0.488 e. The molecule has 7 heteroatoms. The Morgan fingerprint density at radius 1 is 1.33 bits per heavy atom. The first-order valence-corrected chi connectivity index (χ1v) is 7.22. The number of hydrogen-bond acceptors (Lipinski definition) is 5. The molecule has 21 heavy (non-hydrogen) atoms. The number of carbonyl (C=O) groups is 1. The van der Waals surface area contributed by atoms with E-state index in [0.29, 0.717) is 5.56 Å².